The van der Waals surface area contributed by atoms with Crippen molar-refractivity contribution in [2.24, 2.45) is 0 Å². The van der Waals surface area contributed by atoms with Crippen LogP contribution in [-0.4, -0.2) is 58.8 Å². The third-order valence-electron chi connectivity index (χ3n) is 5.04. The number of anilines is 1. The Hall–Kier alpha value is -3.46. The van der Waals surface area contributed by atoms with Crippen molar-refractivity contribution in [1.29, 1.82) is 0 Å². The Bertz CT molecular complexity index is 1020. The quantitative estimate of drug-likeness (QED) is 0.458. The fourth-order valence-electron chi connectivity index (χ4n) is 3.37. The van der Waals surface area contributed by atoms with Gasteiger partial charge in [0.05, 0.1) is 12.0 Å². The first-order valence-corrected chi connectivity index (χ1v) is 9.90. The fourth-order valence-corrected chi connectivity index (χ4v) is 3.65. The van der Waals surface area contributed by atoms with Gasteiger partial charge in [0.25, 0.3) is 17.7 Å². The third-order valence-corrected chi connectivity index (χ3v) is 5.32. The summed E-state index contributed by atoms with van der Waals surface area (Å²) in [6.45, 7) is 3.85. The molecule has 0 saturated carbocycles. The van der Waals surface area contributed by atoms with Gasteiger partial charge in [-0.2, -0.15) is 0 Å². The van der Waals surface area contributed by atoms with Gasteiger partial charge in [-0.15, -0.1) is 0 Å². The summed E-state index contributed by atoms with van der Waals surface area (Å²) in [4.78, 5) is 42.7. The Labute approximate surface area is 178 Å². The van der Waals surface area contributed by atoms with E-state index in [4.69, 9.17) is 16.6 Å². The Morgan fingerprint density at radius 1 is 1.10 bits per heavy atom. The SMILES string of the molecule is Cc1ccc(N2C(=O)/C(=C\N3CCN(C(=O)c4ccco4)CC3)C(=O)NC2=S)cc1. The van der Waals surface area contributed by atoms with Crippen LogP contribution in [0.25, 0.3) is 0 Å². The van der Waals surface area contributed by atoms with Crippen LogP contribution in [0.5, 0.6) is 0 Å². The smallest absolute Gasteiger partial charge is 0.289 e. The van der Waals surface area contributed by atoms with Gasteiger partial charge >= 0.3 is 0 Å². The van der Waals surface area contributed by atoms with Crippen LogP contribution in [-0.2, 0) is 9.59 Å². The van der Waals surface area contributed by atoms with Crippen molar-refractivity contribution in [2.45, 2.75) is 6.92 Å². The summed E-state index contributed by atoms with van der Waals surface area (Å²) in [7, 11) is 0. The lowest BCUT2D eigenvalue weighted by molar-refractivity contribution is -0.122. The second-order valence-corrected chi connectivity index (χ2v) is 7.47. The molecule has 1 aromatic heterocycles. The van der Waals surface area contributed by atoms with E-state index in [1.165, 1.54) is 11.2 Å². The molecule has 3 amide bonds. The van der Waals surface area contributed by atoms with Crippen molar-refractivity contribution in [3.63, 3.8) is 0 Å². The van der Waals surface area contributed by atoms with Gasteiger partial charge in [-0.25, -0.2) is 0 Å². The Morgan fingerprint density at radius 3 is 2.43 bits per heavy atom. The van der Waals surface area contributed by atoms with Crippen molar-refractivity contribution < 1.29 is 18.8 Å². The van der Waals surface area contributed by atoms with Gasteiger partial charge in [0.1, 0.15) is 5.57 Å². The molecule has 30 heavy (non-hydrogen) atoms. The van der Waals surface area contributed by atoms with E-state index in [-0.39, 0.29) is 16.6 Å². The molecular weight excluding hydrogens is 404 g/mol. The van der Waals surface area contributed by atoms with Crippen molar-refractivity contribution in [2.75, 3.05) is 31.1 Å². The number of nitrogens with one attached hydrogen (secondary N) is 1. The predicted molar refractivity (Wildman–Crippen MR) is 114 cm³/mol. The molecule has 9 heteroatoms. The zero-order chi connectivity index (χ0) is 21.3. The molecule has 2 aromatic rings. The van der Waals surface area contributed by atoms with Crippen LogP contribution < -0.4 is 10.2 Å². The van der Waals surface area contributed by atoms with Crippen LogP contribution in [0.1, 0.15) is 16.1 Å². The molecule has 154 valence electrons. The van der Waals surface area contributed by atoms with Gasteiger partial charge in [0.2, 0.25) is 0 Å². The highest BCUT2D eigenvalue weighted by Crippen LogP contribution is 2.22. The second kappa shape index (κ2) is 8.11. The van der Waals surface area contributed by atoms with Crippen molar-refractivity contribution >= 4 is 40.7 Å². The van der Waals surface area contributed by atoms with E-state index >= 15 is 0 Å². The Balaban J connectivity index is 1.48. The molecule has 1 N–H and O–H groups in total. The van der Waals surface area contributed by atoms with Gasteiger partial charge in [0, 0.05) is 32.4 Å². The van der Waals surface area contributed by atoms with E-state index in [0.717, 1.165) is 5.56 Å². The van der Waals surface area contributed by atoms with Gasteiger partial charge in [-0.3, -0.25) is 24.6 Å². The highest BCUT2D eigenvalue weighted by Gasteiger charge is 2.35. The number of carbonyl (C=O) groups is 3. The highest BCUT2D eigenvalue weighted by atomic mass is 32.1. The molecule has 2 fully saturated rings. The minimum absolute atomic E-state index is 0.00925. The lowest BCUT2D eigenvalue weighted by atomic mass is 10.1. The lowest BCUT2D eigenvalue weighted by Gasteiger charge is -2.35. The molecule has 2 aliphatic rings. The summed E-state index contributed by atoms with van der Waals surface area (Å²) in [6.07, 6.45) is 3.01. The molecule has 0 spiro atoms. The first kappa shape index (κ1) is 19.8. The van der Waals surface area contributed by atoms with E-state index in [0.29, 0.717) is 37.6 Å². The maximum absolute atomic E-state index is 13.0. The number of amides is 3. The number of hydrogen-bond donors (Lipinski definition) is 1. The summed E-state index contributed by atoms with van der Waals surface area (Å²) < 4.78 is 5.16. The number of hydrogen-bond acceptors (Lipinski definition) is 6. The first-order valence-electron chi connectivity index (χ1n) is 9.49. The van der Waals surface area contributed by atoms with E-state index in [2.05, 4.69) is 5.32 Å². The molecule has 8 nitrogen and oxygen atoms in total. The first-order chi connectivity index (χ1) is 14.4. The number of nitrogens with zero attached hydrogens (tertiary/aromatic N) is 3. The summed E-state index contributed by atoms with van der Waals surface area (Å²) in [5.41, 5.74) is 1.65. The second-order valence-electron chi connectivity index (χ2n) is 7.08. The largest absolute Gasteiger partial charge is 0.459 e. The maximum atomic E-state index is 13.0. The third kappa shape index (κ3) is 3.84. The highest BCUT2D eigenvalue weighted by molar-refractivity contribution is 7.80. The number of carbonyl (C=O) groups excluding carboxylic acids is 3. The molecular formula is C21H20N4O4S. The molecule has 2 saturated heterocycles. The molecule has 0 atom stereocenters. The van der Waals surface area contributed by atoms with E-state index < -0.39 is 11.8 Å². The molecule has 3 heterocycles. The summed E-state index contributed by atoms with van der Waals surface area (Å²) in [5, 5.41) is 2.64. The van der Waals surface area contributed by atoms with Crippen LogP contribution in [0.3, 0.4) is 0 Å². The number of piperazine rings is 1. The number of furan rings is 1. The average Bonchev–Trinajstić information content (AvgIpc) is 3.27. The van der Waals surface area contributed by atoms with Crippen LogP contribution in [0.15, 0.2) is 58.9 Å². The summed E-state index contributed by atoms with van der Waals surface area (Å²) in [6, 6.07) is 10.6. The maximum Gasteiger partial charge on any atom is 0.289 e. The standard InChI is InChI=1S/C21H20N4O4S/c1-14-4-6-15(7-5-14)25-19(27)16(18(26)22-21(25)30)13-23-8-10-24(11-9-23)20(28)17-3-2-12-29-17/h2-7,12-13H,8-11H2,1H3,(H,22,26,30)/b16-13-. The molecule has 1 aromatic carbocycles. The Morgan fingerprint density at radius 2 is 1.80 bits per heavy atom. The Kier molecular flexibility index (Phi) is 5.37. The van der Waals surface area contributed by atoms with E-state index in [9.17, 15) is 14.4 Å². The normalized spacial score (nSPS) is 18.8. The van der Waals surface area contributed by atoms with E-state index in [1.807, 2.05) is 24.0 Å². The van der Waals surface area contributed by atoms with Crippen LogP contribution in [0.2, 0.25) is 0 Å². The number of benzene rings is 1. The van der Waals surface area contributed by atoms with Gasteiger partial charge < -0.3 is 14.2 Å². The van der Waals surface area contributed by atoms with Crippen molar-refractivity contribution in [1.82, 2.24) is 15.1 Å². The molecule has 0 aliphatic carbocycles. The lowest BCUT2D eigenvalue weighted by Crippen LogP contribution is -2.55. The topological polar surface area (TPSA) is 86.1 Å². The van der Waals surface area contributed by atoms with E-state index in [1.54, 1.807) is 35.4 Å². The van der Waals surface area contributed by atoms with Gasteiger partial charge in [-0.1, -0.05) is 17.7 Å². The average molecular weight is 424 g/mol. The van der Waals surface area contributed by atoms with Crippen molar-refractivity contribution in [3.8, 4) is 0 Å². The minimum atomic E-state index is -0.526. The predicted octanol–water partition coefficient (Wildman–Crippen LogP) is 1.68. The fraction of sp³-hybridized carbons (Fsp3) is 0.238. The number of rotatable bonds is 3. The molecule has 0 bridgehead atoms. The molecule has 2 aliphatic heterocycles. The zero-order valence-corrected chi connectivity index (χ0v) is 17.1. The zero-order valence-electron chi connectivity index (χ0n) is 16.3. The van der Waals surface area contributed by atoms with Crippen LogP contribution in [0.4, 0.5) is 5.69 Å². The van der Waals surface area contributed by atoms with Crippen LogP contribution in [0, 0.1) is 6.92 Å². The van der Waals surface area contributed by atoms with Gasteiger partial charge in [0.15, 0.2) is 10.9 Å². The molecule has 0 radical (unpaired) electrons. The molecule has 4 rings (SSSR count). The summed E-state index contributed by atoms with van der Waals surface area (Å²) in [5.74, 6) is -0.871. The van der Waals surface area contributed by atoms with Crippen molar-refractivity contribution in [3.05, 3.63) is 65.8 Å². The number of aryl methyl sites for hydroxylation is 1. The monoisotopic (exact) mass is 424 g/mol. The minimum Gasteiger partial charge on any atom is -0.459 e. The number of thiocarbonyl (C=S) groups is 1. The molecule has 0 unspecified atom stereocenters. The van der Waals surface area contributed by atoms with Crippen LogP contribution >= 0.6 is 12.2 Å². The van der Waals surface area contributed by atoms with Gasteiger partial charge in [-0.05, 0) is 43.4 Å². The summed E-state index contributed by atoms with van der Waals surface area (Å²) >= 11 is 5.22.